The van der Waals surface area contributed by atoms with E-state index in [4.69, 9.17) is 4.52 Å². The lowest BCUT2D eigenvalue weighted by atomic mass is 9.87. The molecule has 0 spiro atoms. The number of aryl methyl sites for hydroxylation is 1. The maximum Gasteiger partial charge on any atom is 0.226 e. The third kappa shape index (κ3) is 2.54. The van der Waals surface area contributed by atoms with Crippen LogP contribution in [0.5, 0.6) is 0 Å². The molecule has 0 fully saturated rings. The molecule has 3 heteroatoms. The molecule has 3 nitrogen and oxygen atoms in total. The summed E-state index contributed by atoms with van der Waals surface area (Å²) in [6.07, 6.45) is 0.771. The highest BCUT2D eigenvalue weighted by Gasteiger charge is 2.14. The molecule has 17 heavy (non-hydrogen) atoms. The van der Waals surface area contributed by atoms with Crippen LogP contribution in [0.4, 0.5) is 0 Å². The summed E-state index contributed by atoms with van der Waals surface area (Å²) in [4.78, 5) is 4.31. The molecule has 1 heterocycles. The SMILES string of the molecule is CCc1nc(-c2ccc(C(C)(C)C)cc2)no1. The van der Waals surface area contributed by atoms with Gasteiger partial charge in [0.15, 0.2) is 0 Å². The van der Waals surface area contributed by atoms with E-state index in [1.165, 1.54) is 5.56 Å². The lowest BCUT2D eigenvalue weighted by Crippen LogP contribution is -2.10. The van der Waals surface area contributed by atoms with E-state index < -0.39 is 0 Å². The Bertz CT molecular complexity index is 492. The monoisotopic (exact) mass is 230 g/mol. The molecule has 2 aromatic rings. The molecule has 0 radical (unpaired) electrons. The van der Waals surface area contributed by atoms with Crippen LogP contribution < -0.4 is 0 Å². The van der Waals surface area contributed by atoms with Gasteiger partial charge in [-0.1, -0.05) is 57.1 Å². The van der Waals surface area contributed by atoms with E-state index in [1.807, 2.05) is 19.1 Å². The summed E-state index contributed by atoms with van der Waals surface area (Å²) in [5, 5.41) is 3.96. The number of benzene rings is 1. The van der Waals surface area contributed by atoms with E-state index in [0.29, 0.717) is 11.7 Å². The van der Waals surface area contributed by atoms with Crippen molar-refractivity contribution < 1.29 is 4.52 Å². The Morgan fingerprint density at radius 3 is 2.24 bits per heavy atom. The highest BCUT2D eigenvalue weighted by molar-refractivity contribution is 5.55. The van der Waals surface area contributed by atoms with Gasteiger partial charge in [-0.25, -0.2) is 0 Å². The molecule has 0 saturated carbocycles. The first-order valence-corrected chi connectivity index (χ1v) is 5.94. The molecule has 1 aromatic carbocycles. The van der Waals surface area contributed by atoms with Gasteiger partial charge in [-0.05, 0) is 11.0 Å². The van der Waals surface area contributed by atoms with Gasteiger partial charge in [0.1, 0.15) is 0 Å². The lowest BCUT2D eigenvalue weighted by Gasteiger charge is -2.18. The summed E-state index contributed by atoms with van der Waals surface area (Å²) in [7, 11) is 0. The van der Waals surface area contributed by atoms with Gasteiger partial charge in [0.05, 0.1) is 0 Å². The van der Waals surface area contributed by atoms with Crippen LogP contribution in [0.15, 0.2) is 28.8 Å². The predicted molar refractivity (Wildman–Crippen MR) is 67.8 cm³/mol. The van der Waals surface area contributed by atoms with Gasteiger partial charge in [0.25, 0.3) is 0 Å². The van der Waals surface area contributed by atoms with E-state index in [9.17, 15) is 0 Å². The van der Waals surface area contributed by atoms with Crippen LogP contribution in [0, 0.1) is 0 Å². The minimum absolute atomic E-state index is 0.171. The molecule has 90 valence electrons. The summed E-state index contributed by atoms with van der Waals surface area (Å²) in [6.45, 7) is 8.60. The number of aromatic nitrogens is 2. The first-order chi connectivity index (χ1) is 8.00. The molecule has 0 saturated heterocycles. The first-order valence-electron chi connectivity index (χ1n) is 5.94. The van der Waals surface area contributed by atoms with E-state index in [0.717, 1.165) is 12.0 Å². The Morgan fingerprint density at radius 2 is 1.76 bits per heavy atom. The summed E-state index contributed by atoms with van der Waals surface area (Å²) in [5.74, 6) is 1.35. The highest BCUT2D eigenvalue weighted by Crippen LogP contribution is 2.24. The van der Waals surface area contributed by atoms with Crippen LogP contribution in [0.2, 0.25) is 0 Å². The smallest absolute Gasteiger partial charge is 0.226 e. The van der Waals surface area contributed by atoms with Crippen molar-refractivity contribution in [3.8, 4) is 11.4 Å². The fourth-order valence-corrected chi connectivity index (χ4v) is 1.64. The number of hydrogen-bond donors (Lipinski definition) is 0. The van der Waals surface area contributed by atoms with E-state index in [2.05, 4.69) is 43.0 Å². The Kier molecular flexibility index (Phi) is 3.01. The zero-order valence-electron chi connectivity index (χ0n) is 10.8. The summed E-state index contributed by atoms with van der Waals surface area (Å²) < 4.78 is 5.10. The van der Waals surface area contributed by atoms with Gasteiger partial charge >= 0.3 is 0 Å². The van der Waals surface area contributed by atoms with E-state index in [1.54, 1.807) is 0 Å². The topological polar surface area (TPSA) is 38.9 Å². The van der Waals surface area contributed by atoms with Crippen LogP contribution >= 0.6 is 0 Å². The summed E-state index contributed by atoms with van der Waals surface area (Å²) in [5.41, 5.74) is 2.48. The van der Waals surface area contributed by atoms with Crippen LogP contribution in [0.3, 0.4) is 0 Å². The second-order valence-electron chi connectivity index (χ2n) is 5.19. The maximum atomic E-state index is 5.10. The zero-order chi connectivity index (χ0) is 12.5. The van der Waals surface area contributed by atoms with Gasteiger partial charge in [0, 0.05) is 12.0 Å². The van der Waals surface area contributed by atoms with Crippen molar-refractivity contribution in [1.82, 2.24) is 10.1 Å². The number of nitrogens with zero attached hydrogens (tertiary/aromatic N) is 2. The molecular formula is C14H18N2O. The predicted octanol–water partition coefficient (Wildman–Crippen LogP) is 3.60. The normalized spacial score (nSPS) is 11.8. The lowest BCUT2D eigenvalue weighted by molar-refractivity contribution is 0.383. The standard InChI is InChI=1S/C14H18N2O/c1-5-12-15-13(16-17-12)10-6-8-11(9-7-10)14(2,3)4/h6-9H,5H2,1-4H3. The fourth-order valence-electron chi connectivity index (χ4n) is 1.64. The molecule has 0 aliphatic heterocycles. The average Bonchev–Trinajstić information content (AvgIpc) is 2.76. The van der Waals surface area contributed by atoms with Crippen molar-refractivity contribution in [3.05, 3.63) is 35.7 Å². The molecule has 0 N–H and O–H groups in total. The van der Waals surface area contributed by atoms with E-state index in [-0.39, 0.29) is 5.41 Å². The Balaban J connectivity index is 2.29. The molecule has 1 aromatic heterocycles. The Labute approximate surface area is 102 Å². The second kappa shape index (κ2) is 4.32. The van der Waals surface area contributed by atoms with Gasteiger partial charge in [0.2, 0.25) is 11.7 Å². The molecule has 0 atom stereocenters. The number of rotatable bonds is 2. The summed E-state index contributed by atoms with van der Waals surface area (Å²) in [6, 6.07) is 8.34. The van der Waals surface area contributed by atoms with Crippen molar-refractivity contribution in [2.24, 2.45) is 0 Å². The minimum atomic E-state index is 0.171. The van der Waals surface area contributed by atoms with Gasteiger partial charge in [-0.15, -0.1) is 0 Å². The highest BCUT2D eigenvalue weighted by atomic mass is 16.5. The van der Waals surface area contributed by atoms with Gasteiger partial charge < -0.3 is 4.52 Å². The van der Waals surface area contributed by atoms with Crippen molar-refractivity contribution in [2.45, 2.75) is 39.5 Å². The van der Waals surface area contributed by atoms with Gasteiger partial charge in [-0.3, -0.25) is 0 Å². The van der Waals surface area contributed by atoms with Crippen LogP contribution in [-0.2, 0) is 11.8 Å². The quantitative estimate of drug-likeness (QED) is 0.791. The third-order valence-corrected chi connectivity index (χ3v) is 2.78. The van der Waals surface area contributed by atoms with Crippen molar-refractivity contribution in [2.75, 3.05) is 0 Å². The second-order valence-corrected chi connectivity index (χ2v) is 5.19. The number of hydrogen-bond acceptors (Lipinski definition) is 3. The van der Waals surface area contributed by atoms with Crippen molar-refractivity contribution >= 4 is 0 Å². The zero-order valence-corrected chi connectivity index (χ0v) is 10.8. The van der Waals surface area contributed by atoms with Gasteiger partial charge in [-0.2, -0.15) is 4.98 Å². The fraction of sp³-hybridized carbons (Fsp3) is 0.429. The molecule has 0 aliphatic carbocycles. The Hall–Kier alpha value is -1.64. The Morgan fingerprint density at radius 1 is 1.12 bits per heavy atom. The minimum Gasteiger partial charge on any atom is -0.339 e. The van der Waals surface area contributed by atoms with Crippen LogP contribution in [-0.4, -0.2) is 10.1 Å². The average molecular weight is 230 g/mol. The molecule has 0 aliphatic rings. The van der Waals surface area contributed by atoms with Crippen LogP contribution in [0.25, 0.3) is 11.4 Å². The molecule has 0 amide bonds. The largest absolute Gasteiger partial charge is 0.339 e. The first kappa shape index (κ1) is 11.8. The summed E-state index contributed by atoms with van der Waals surface area (Å²) >= 11 is 0. The van der Waals surface area contributed by atoms with Crippen molar-refractivity contribution in [1.29, 1.82) is 0 Å². The molecular weight excluding hydrogens is 212 g/mol. The van der Waals surface area contributed by atoms with Crippen molar-refractivity contribution in [3.63, 3.8) is 0 Å². The van der Waals surface area contributed by atoms with E-state index >= 15 is 0 Å². The third-order valence-electron chi connectivity index (χ3n) is 2.78. The molecule has 2 rings (SSSR count). The maximum absolute atomic E-state index is 5.10. The molecule has 0 unspecified atom stereocenters. The van der Waals surface area contributed by atoms with Crippen LogP contribution in [0.1, 0.15) is 39.1 Å². The molecule has 0 bridgehead atoms.